The maximum Gasteiger partial charge on any atom is 0.512 e. The maximum absolute atomic E-state index is 12.3. The molecule has 1 N–H and O–H groups in total. The molecule has 8 rings (SSSR count). The van der Waals surface area contributed by atoms with Gasteiger partial charge in [-0.25, -0.2) is 4.79 Å². The summed E-state index contributed by atoms with van der Waals surface area (Å²) in [5, 5.41) is 18.0. The van der Waals surface area contributed by atoms with E-state index in [0.29, 0.717) is 26.0 Å². The number of ether oxygens (including phenoxy) is 4. The molecule has 4 aromatic carbocycles. The predicted octanol–water partition coefficient (Wildman–Crippen LogP) is 8.43. The predicted molar refractivity (Wildman–Crippen MR) is 212 cm³/mol. The van der Waals surface area contributed by atoms with Crippen molar-refractivity contribution < 1.29 is 28.8 Å². The Morgan fingerprint density at radius 3 is 2.47 bits per heavy atom. The number of carbonyl (C=O) groups is 1. The number of hydrogen-bond acceptors (Lipinski definition) is 8. The molecule has 4 heterocycles. The Morgan fingerprint density at radius 2 is 1.67 bits per heavy atom. The Balaban J connectivity index is 1.15. The van der Waals surface area contributed by atoms with Gasteiger partial charge in [0.1, 0.15) is 23.8 Å². The third kappa shape index (κ3) is 7.56. The molecule has 1 fully saturated rings. The first kappa shape index (κ1) is 35.7. The zero-order valence-electron chi connectivity index (χ0n) is 31.0. The summed E-state index contributed by atoms with van der Waals surface area (Å²) in [6, 6.07) is 32.3. The van der Waals surface area contributed by atoms with Crippen LogP contribution in [0.3, 0.4) is 0 Å². The Labute approximate surface area is 319 Å². The van der Waals surface area contributed by atoms with Crippen LogP contribution in [0.5, 0.6) is 17.4 Å². The smallest absolute Gasteiger partial charge is 0.493 e. The van der Waals surface area contributed by atoms with Crippen LogP contribution in [0, 0.1) is 6.92 Å². The molecule has 1 aliphatic rings. The molecular weight excluding hydrogens is 695 g/mol. The number of morpholine rings is 1. The molecule has 0 saturated carbocycles. The van der Waals surface area contributed by atoms with Crippen molar-refractivity contribution in [1.29, 1.82) is 0 Å². The van der Waals surface area contributed by atoms with Crippen molar-refractivity contribution in [2.75, 3.05) is 37.8 Å². The normalized spacial score (nSPS) is 13.0. The van der Waals surface area contributed by atoms with Crippen molar-refractivity contribution in [3.63, 3.8) is 0 Å². The van der Waals surface area contributed by atoms with Crippen LogP contribution in [0.1, 0.15) is 28.9 Å². The lowest BCUT2D eigenvalue weighted by Gasteiger charge is -2.28. The number of para-hydroxylation sites is 1. The van der Waals surface area contributed by atoms with Crippen LogP contribution in [0.25, 0.3) is 32.8 Å². The van der Waals surface area contributed by atoms with Gasteiger partial charge >= 0.3 is 6.16 Å². The van der Waals surface area contributed by atoms with E-state index in [0.717, 1.165) is 98.8 Å². The van der Waals surface area contributed by atoms with Gasteiger partial charge in [0.2, 0.25) is 5.88 Å². The van der Waals surface area contributed by atoms with Crippen LogP contribution in [0.2, 0.25) is 0 Å². The van der Waals surface area contributed by atoms with E-state index < -0.39 is 6.16 Å². The Morgan fingerprint density at radius 1 is 0.891 bits per heavy atom. The number of carboxylic acid groups (broad SMARTS) is 1. The van der Waals surface area contributed by atoms with Gasteiger partial charge in [-0.1, -0.05) is 60.7 Å². The fourth-order valence-corrected chi connectivity index (χ4v) is 7.53. The summed E-state index contributed by atoms with van der Waals surface area (Å²) < 4.78 is 27.7. The molecule has 11 heteroatoms. The van der Waals surface area contributed by atoms with E-state index in [1.807, 2.05) is 83.9 Å². The van der Waals surface area contributed by atoms with E-state index in [-0.39, 0.29) is 12.5 Å². The number of pyridine rings is 1. The fraction of sp³-hybridized carbons (Fsp3) is 0.250. The van der Waals surface area contributed by atoms with Gasteiger partial charge in [0.05, 0.1) is 31.9 Å². The SMILES string of the molecule is Cc1c(-c2cccc3c(CCCOc4cccc5ccccc45)c(OC(=O)O)n(Cc4cccnc4)c23)c(COc2ccc(N3CCOCC3)cc2)nn1C. The van der Waals surface area contributed by atoms with Crippen LogP contribution in [-0.4, -0.2) is 63.5 Å². The van der Waals surface area contributed by atoms with Gasteiger partial charge in [-0.3, -0.25) is 9.67 Å². The molecule has 0 amide bonds. The number of aromatic nitrogens is 4. The number of benzene rings is 4. The van der Waals surface area contributed by atoms with Gasteiger partial charge in [0.15, 0.2) is 0 Å². The summed E-state index contributed by atoms with van der Waals surface area (Å²) in [5.74, 6) is 1.84. The second kappa shape index (κ2) is 16.0. The number of hydrogen-bond donors (Lipinski definition) is 1. The van der Waals surface area contributed by atoms with E-state index in [4.69, 9.17) is 24.0 Å². The van der Waals surface area contributed by atoms with Gasteiger partial charge in [-0.2, -0.15) is 5.10 Å². The quantitative estimate of drug-likeness (QED) is 0.0921. The number of nitrogens with zero attached hydrogens (tertiary/aromatic N) is 5. The molecule has 1 saturated heterocycles. The van der Waals surface area contributed by atoms with Gasteiger partial charge < -0.3 is 33.5 Å². The van der Waals surface area contributed by atoms with Crippen molar-refractivity contribution in [2.45, 2.75) is 32.9 Å². The summed E-state index contributed by atoms with van der Waals surface area (Å²) in [5.41, 5.74) is 7.24. The van der Waals surface area contributed by atoms with Gasteiger partial charge in [-0.05, 0) is 67.1 Å². The van der Waals surface area contributed by atoms with Crippen LogP contribution in [0.4, 0.5) is 10.5 Å². The van der Waals surface area contributed by atoms with Gasteiger partial charge in [-0.15, -0.1) is 0 Å². The van der Waals surface area contributed by atoms with Gasteiger partial charge in [0, 0.05) is 71.4 Å². The molecule has 0 bridgehead atoms. The highest BCUT2D eigenvalue weighted by molar-refractivity contribution is 6.00. The van der Waals surface area contributed by atoms with Crippen LogP contribution >= 0.6 is 0 Å². The third-order valence-electron chi connectivity index (χ3n) is 10.2. The Kier molecular flexibility index (Phi) is 10.4. The first-order valence-electron chi connectivity index (χ1n) is 18.6. The molecule has 1 aliphatic heterocycles. The maximum atomic E-state index is 12.3. The highest BCUT2D eigenvalue weighted by Crippen LogP contribution is 2.41. The molecule has 0 aliphatic carbocycles. The molecule has 0 radical (unpaired) electrons. The first-order valence-corrected chi connectivity index (χ1v) is 18.6. The van der Waals surface area contributed by atoms with Crippen LogP contribution in [0.15, 0.2) is 109 Å². The lowest BCUT2D eigenvalue weighted by Crippen LogP contribution is -2.36. The average molecular weight is 738 g/mol. The lowest BCUT2D eigenvalue weighted by molar-refractivity contribution is 0.122. The van der Waals surface area contributed by atoms with Crippen molar-refractivity contribution >= 4 is 33.5 Å². The fourth-order valence-electron chi connectivity index (χ4n) is 7.53. The standard InChI is InChI=1S/C44H43N5O6/c1-30-41(39(46-47(30)2)29-54-34-19-17-33(18-20-34)48-22-25-52-26-23-48)38-14-6-13-36-37(15-8-24-53-40-16-5-11-32-10-3-4-12-35(32)40)43(55-44(50)51)49(42(36)38)28-31-9-7-21-45-27-31/h3-7,9-14,16-21,27H,8,15,22-26,28-29H2,1-2H3,(H,50,51). The molecule has 280 valence electrons. The number of rotatable bonds is 13. The molecule has 7 aromatic rings. The first-order chi connectivity index (χ1) is 26.9. The molecule has 0 atom stereocenters. The second-order valence-corrected chi connectivity index (χ2v) is 13.6. The van der Waals surface area contributed by atoms with Gasteiger partial charge in [0.25, 0.3) is 0 Å². The highest BCUT2D eigenvalue weighted by atomic mass is 16.7. The van der Waals surface area contributed by atoms with Crippen molar-refractivity contribution in [1.82, 2.24) is 19.3 Å². The number of anilines is 1. The zero-order valence-corrected chi connectivity index (χ0v) is 31.0. The minimum absolute atomic E-state index is 0.241. The van der Waals surface area contributed by atoms with Crippen LogP contribution in [-0.2, 0) is 31.4 Å². The molecular formula is C44H43N5O6. The average Bonchev–Trinajstić information content (AvgIpc) is 3.66. The number of aryl methyl sites for hydroxylation is 2. The summed E-state index contributed by atoms with van der Waals surface area (Å²) in [4.78, 5) is 19.0. The highest BCUT2D eigenvalue weighted by Gasteiger charge is 2.26. The molecule has 11 nitrogen and oxygen atoms in total. The van der Waals surface area contributed by atoms with E-state index in [9.17, 15) is 9.90 Å². The largest absolute Gasteiger partial charge is 0.512 e. The van der Waals surface area contributed by atoms with Crippen LogP contribution < -0.4 is 19.1 Å². The molecule has 0 spiro atoms. The molecule has 55 heavy (non-hydrogen) atoms. The van der Waals surface area contributed by atoms with E-state index >= 15 is 0 Å². The van der Waals surface area contributed by atoms with Crippen molar-refractivity contribution in [3.8, 4) is 28.5 Å². The number of fused-ring (bicyclic) bond motifs is 2. The van der Waals surface area contributed by atoms with Crippen molar-refractivity contribution in [3.05, 3.63) is 132 Å². The lowest BCUT2D eigenvalue weighted by atomic mass is 9.98. The monoisotopic (exact) mass is 737 g/mol. The zero-order chi connectivity index (χ0) is 37.7. The minimum atomic E-state index is -1.38. The topological polar surface area (TPSA) is 113 Å². The summed E-state index contributed by atoms with van der Waals surface area (Å²) in [7, 11) is 1.93. The van der Waals surface area contributed by atoms with E-state index in [2.05, 4.69) is 46.3 Å². The molecule has 0 unspecified atom stereocenters. The Bertz CT molecular complexity index is 2430. The summed E-state index contributed by atoms with van der Waals surface area (Å²) >= 11 is 0. The third-order valence-corrected chi connectivity index (χ3v) is 10.2. The van der Waals surface area contributed by atoms with Crippen molar-refractivity contribution in [2.24, 2.45) is 7.05 Å². The summed E-state index contributed by atoms with van der Waals surface area (Å²) in [6.07, 6.45) is 3.28. The van der Waals surface area contributed by atoms with E-state index in [1.165, 1.54) is 0 Å². The van der Waals surface area contributed by atoms with E-state index in [1.54, 1.807) is 12.4 Å². The second-order valence-electron chi connectivity index (χ2n) is 13.6. The summed E-state index contributed by atoms with van der Waals surface area (Å²) in [6.45, 7) is 6.24. The minimum Gasteiger partial charge on any atom is -0.493 e. The molecule has 3 aromatic heterocycles. The Hall–Kier alpha value is -6.33.